The fourth-order valence-electron chi connectivity index (χ4n) is 4.20. The van der Waals surface area contributed by atoms with Gasteiger partial charge in [0, 0.05) is 12.1 Å². The molecule has 2 aliphatic heterocycles. The number of methoxy groups -OCH3 is 1. The molecule has 0 N–H and O–H groups in total. The number of carbonyl (C=O) groups is 1. The minimum atomic E-state index is 0.0513. The first-order valence-corrected chi connectivity index (χ1v) is 8.14. The monoisotopic (exact) mass is 323 g/mol. The summed E-state index contributed by atoms with van der Waals surface area (Å²) in [5, 5.41) is 0. The highest BCUT2D eigenvalue weighted by Gasteiger charge is 2.38. The highest BCUT2D eigenvalue weighted by atomic mass is 16.7. The van der Waals surface area contributed by atoms with Crippen LogP contribution in [0.2, 0.25) is 0 Å². The zero-order valence-corrected chi connectivity index (χ0v) is 13.4. The number of carbonyl (C=O) groups excluding carboxylic acids is 1. The third-order valence-corrected chi connectivity index (χ3v) is 5.29. The Balaban J connectivity index is 1.82. The standard InChI is InChI=1S/C19H17NO4/c1-22-13-2-3-14-12(6-13)7-15-17-11(4-5-20(15)9-21)8-16-19(18(14)17)24-10-23-16/h2-3,6,8-9,15H,4-5,7,10H2,1H3. The molecule has 1 aliphatic carbocycles. The lowest BCUT2D eigenvalue weighted by atomic mass is 9.76. The number of nitrogens with zero attached hydrogens (tertiary/aromatic N) is 1. The minimum Gasteiger partial charge on any atom is -0.497 e. The predicted octanol–water partition coefficient (Wildman–Crippen LogP) is 2.70. The average Bonchev–Trinajstić information content (AvgIpc) is 3.09. The number of hydrogen-bond donors (Lipinski definition) is 0. The average molecular weight is 323 g/mol. The van der Waals surface area contributed by atoms with Crippen molar-refractivity contribution in [3.63, 3.8) is 0 Å². The summed E-state index contributed by atoms with van der Waals surface area (Å²) in [6.07, 6.45) is 2.61. The molecule has 1 amide bonds. The van der Waals surface area contributed by atoms with Gasteiger partial charge in [-0.1, -0.05) is 6.07 Å². The highest BCUT2D eigenvalue weighted by molar-refractivity contribution is 5.84. The van der Waals surface area contributed by atoms with E-state index in [9.17, 15) is 4.79 Å². The molecule has 0 bridgehead atoms. The first kappa shape index (κ1) is 13.7. The second-order valence-corrected chi connectivity index (χ2v) is 6.39. The first-order valence-electron chi connectivity index (χ1n) is 8.14. The molecule has 0 aromatic heterocycles. The Bertz CT molecular complexity index is 861. The highest BCUT2D eigenvalue weighted by Crippen LogP contribution is 2.53. The Hall–Kier alpha value is -2.69. The van der Waals surface area contributed by atoms with Crippen molar-refractivity contribution in [3.8, 4) is 28.4 Å². The van der Waals surface area contributed by atoms with E-state index in [2.05, 4.69) is 18.2 Å². The molecule has 2 aromatic rings. The lowest BCUT2D eigenvalue weighted by molar-refractivity contribution is -0.120. The van der Waals surface area contributed by atoms with Crippen LogP contribution in [0.15, 0.2) is 24.3 Å². The van der Waals surface area contributed by atoms with Gasteiger partial charge in [0.25, 0.3) is 0 Å². The summed E-state index contributed by atoms with van der Waals surface area (Å²) in [6, 6.07) is 8.26. The van der Waals surface area contributed by atoms with Crippen LogP contribution in [0.25, 0.3) is 11.1 Å². The van der Waals surface area contributed by atoms with Crippen LogP contribution in [0, 0.1) is 0 Å². The van der Waals surface area contributed by atoms with Crippen LogP contribution >= 0.6 is 0 Å². The van der Waals surface area contributed by atoms with Crippen LogP contribution in [-0.2, 0) is 17.6 Å². The fraction of sp³-hybridized carbons (Fsp3) is 0.316. The van der Waals surface area contributed by atoms with Crippen molar-refractivity contribution in [1.29, 1.82) is 0 Å². The molecule has 0 radical (unpaired) electrons. The molecule has 24 heavy (non-hydrogen) atoms. The maximum atomic E-state index is 11.6. The Kier molecular flexibility index (Phi) is 2.80. The Morgan fingerprint density at radius 3 is 3.00 bits per heavy atom. The quantitative estimate of drug-likeness (QED) is 0.797. The lowest BCUT2D eigenvalue weighted by Crippen LogP contribution is -2.37. The van der Waals surface area contributed by atoms with Gasteiger partial charge in [-0.3, -0.25) is 4.79 Å². The molecule has 5 heteroatoms. The molecule has 5 rings (SSSR count). The van der Waals surface area contributed by atoms with Gasteiger partial charge in [-0.05, 0) is 53.3 Å². The first-order chi connectivity index (χ1) is 11.8. The zero-order chi connectivity index (χ0) is 16.3. The molecule has 0 spiro atoms. The van der Waals surface area contributed by atoms with E-state index in [1.54, 1.807) is 7.11 Å². The molecule has 0 saturated heterocycles. The van der Waals surface area contributed by atoms with Gasteiger partial charge in [0.1, 0.15) is 5.75 Å². The SMILES string of the molecule is COc1ccc2c(c1)CC1c3c(cc4c(c3-2)OCO4)CCN1C=O. The summed E-state index contributed by atoms with van der Waals surface area (Å²) in [4.78, 5) is 13.5. The molecule has 0 fully saturated rings. The van der Waals surface area contributed by atoms with Gasteiger partial charge in [0.05, 0.1) is 13.2 Å². The van der Waals surface area contributed by atoms with Gasteiger partial charge >= 0.3 is 0 Å². The van der Waals surface area contributed by atoms with Gasteiger partial charge in [-0.2, -0.15) is 0 Å². The van der Waals surface area contributed by atoms with Gasteiger partial charge < -0.3 is 19.1 Å². The van der Waals surface area contributed by atoms with Crippen LogP contribution in [0.4, 0.5) is 0 Å². The number of fused-ring (bicyclic) bond motifs is 4. The third-order valence-electron chi connectivity index (χ3n) is 5.29. The maximum Gasteiger partial charge on any atom is 0.231 e. The molecule has 0 saturated carbocycles. The molecular formula is C19H17NO4. The second kappa shape index (κ2) is 4.90. The molecule has 122 valence electrons. The van der Waals surface area contributed by atoms with Crippen LogP contribution in [0.3, 0.4) is 0 Å². The van der Waals surface area contributed by atoms with Gasteiger partial charge in [0.2, 0.25) is 13.2 Å². The number of amides is 1. The molecule has 1 unspecified atom stereocenters. The summed E-state index contributed by atoms with van der Waals surface area (Å²) < 4.78 is 16.8. The van der Waals surface area contributed by atoms with Crippen LogP contribution in [0.1, 0.15) is 22.7 Å². The third kappa shape index (κ3) is 1.72. The molecule has 5 nitrogen and oxygen atoms in total. The van der Waals surface area contributed by atoms with Crippen molar-refractivity contribution >= 4 is 6.41 Å². The van der Waals surface area contributed by atoms with Crippen molar-refractivity contribution in [3.05, 3.63) is 41.0 Å². The van der Waals surface area contributed by atoms with E-state index in [4.69, 9.17) is 14.2 Å². The summed E-state index contributed by atoms with van der Waals surface area (Å²) in [5.41, 5.74) is 5.89. The molecule has 1 atom stereocenters. The molecule has 2 heterocycles. The summed E-state index contributed by atoms with van der Waals surface area (Å²) in [6.45, 7) is 0.984. The van der Waals surface area contributed by atoms with Gasteiger partial charge in [0.15, 0.2) is 11.5 Å². The Labute approximate surface area is 139 Å². The van der Waals surface area contributed by atoms with Crippen molar-refractivity contribution in [2.24, 2.45) is 0 Å². The summed E-state index contributed by atoms with van der Waals surface area (Å²) >= 11 is 0. The number of hydrogen-bond acceptors (Lipinski definition) is 4. The molecule has 3 aliphatic rings. The van der Waals surface area contributed by atoms with Crippen molar-refractivity contribution in [2.75, 3.05) is 20.4 Å². The number of benzene rings is 2. The number of rotatable bonds is 2. The normalized spacial score (nSPS) is 19.5. The van der Waals surface area contributed by atoms with Crippen LogP contribution < -0.4 is 14.2 Å². The van der Waals surface area contributed by atoms with Crippen LogP contribution in [0.5, 0.6) is 17.2 Å². The lowest BCUT2D eigenvalue weighted by Gasteiger charge is -2.40. The van der Waals surface area contributed by atoms with E-state index in [0.717, 1.165) is 54.2 Å². The van der Waals surface area contributed by atoms with E-state index in [1.165, 1.54) is 16.7 Å². The van der Waals surface area contributed by atoms with Crippen molar-refractivity contribution < 1.29 is 19.0 Å². The minimum absolute atomic E-state index is 0.0513. The van der Waals surface area contributed by atoms with E-state index >= 15 is 0 Å². The fourth-order valence-corrected chi connectivity index (χ4v) is 4.20. The summed E-state index contributed by atoms with van der Waals surface area (Å²) in [5.74, 6) is 2.44. The van der Waals surface area contributed by atoms with E-state index in [0.29, 0.717) is 0 Å². The van der Waals surface area contributed by atoms with Gasteiger partial charge in [-0.15, -0.1) is 0 Å². The summed E-state index contributed by atoms with van der Waals surface area (Å²) in [7, 11) is 1.67. The van der Waals surface area contributed by atoms with E-state index in [1.807, 2.05) is 11.0 Å². The largest absolute Gasteiger partial charge is 0.497 e. The Morgan fingerprint density at radius 2 is 2.17 bits per heavy atom. The number of ether oxygens (including phenoxy) is 3. The van der Waals surface area contributed by atoms with E-state index in [-0.39, 0.29) is 12.8 Å². The van der Waals surface area contributed by atoms with Gasteiger partial charge in [-0.25, -0.2) is 0 Å². The zero-order valence-electron chi connectivity index (χ0n) is 13.4. The van der Waals surface area contributed by atoms with E-state index < -0.39 is 0 Å². The topological polar surface area (TPSA) is 48.0 Å². The maximum absolute atomic E-state index is 11.6. The second-order valence-electron chi connectivity index (χ2n) is 6.39. The predicted molar refractivity (Wildman–Crippen MR) is 87.5 cm³/mol. The molecular weight excluding hydrogens is 306 g/mol. The van der Waals surface area contributed by atoms with Crippen molar-refractivity contribution in [1.82, 2.24) is 4.90 Å². The molecule has 2 aromatic carbocycles. The van der Waals surface area contributed by atoms with Crippen LogP contribution in [-0.4, -0.2) is 31.8 Å². The Morgan fingerprint density at radius 1 is 1.25 bits per heavy atom. The van der Waals surface area contributed by atoms with Crippen molar-refractivity contribution in [2.45, 2.75) is 18.9 Å². The smallest absolute Gasteiger partial charge is 0.231 e.